The van der Waals surface area contributed by atoms with Crippen LogP contribution in [0.2, 0.25) is 0 Å². The van der Waals surface area contributed by atoms with Crippen LogP contribution in [-0.2, 0) is 17.9 Å². The van der Waals surface area contributed by atoms with Gasteiger partial charge in [-0.3, -0.25) is 9.78 Å². The highest BCUT2D eigenvalue weighted by Gasteiger charge is 2.19. The first-order valence-electron chi connectivity index (χ1n) is 7.10. The van der Waals surface area contributed by atoms with E-state index >= 15 is 0 Å². The Labute approximate surface area is 130 Å². The van der Waals surface area contributed by atoms with Crippen molar-refractivity contribution in [3.8, 4) is 5.75 Å². The van der Waals surface area contributed by atoms with Crippen molar-refractivity contribution in [2.24, 2.45) is 0 Å². The Morgan fingerprint density at radius 1 is 1.32 bits per heavy atom. The number of pyridine rings is 1. The lowest BCUT2D eigenvalue weighted by atomic mass is 10.2. The van der Waals surface area contributed by atoms with E-state index in [1.165, 1.54) is 0 Å². The Bertz CT molecular complexity index is 616. The molecule has 1 unspecified atom stereocenters. The van der Waals surface area contributed by atoms with Crippen LogP contribution in [0, 0.1) is 0 Å². The topological polar surface area (TPSA) is 62.7 Å². The highest BCUT2D eigenvalue weighted by atomic mass is 16.5. The predicted octanol–water partition coefficient (Wildman–Crippen LogP) is 2.00. The maximum atomic E-state index is 12.3. The molecule has 1 aromatic heterocycles. The minimum absolute atomic E-state index is 0.0551. The summed E-state index contributed by atoms with van der Waals surface area (Å²) in [4.78, 5) is 18.0. The summed E-state index contributed by atoms with van der Waals surface area (Å²) in [5.41, 5.74) is 1.72. The van der Waals surface area contributed by atoms with E-state index in [1.54, 1.807) is 55.5 Å². The number of ether oxygens (including phenoxy) is 1. The fraction of sp³-hybridized carbons (Fsp3) is 0.294. The van der Waals surface area contributed by atoms with E-state index in [0.717, 1.165) is 11.1 Å². The standard InChI is InChI=1S/C17H20N2O3/c1-13(22-16-7-3-5-14(9-16)12-20)17(21)19(2)11-15-6-4-8-18-10-15/h3-10,13,20H,11-12H2,1-2H3. The molecule has 22 heavy (non-hydrogen) atoms. The van der Waals surface area contributed by atoms with E-state index in [1.807, 2.05) is 12.1 Å². The van der Waals surface area contributed by atoms with Crippen molar-refractivity contribution in [3.63, 3.8) is 0 Å². The Kier molecular flexibility index (Phi) is 5.49. The van der Waals surface area contributed by atoms with Crippen molar-refractivity contribution in [2.45, 2.75) is 26.2 Å². The quantitative estimate of drug-likeness (QED) is 0.886. The van der Waals surface area contributed by atoms with Crippen LogP contribution < -0.4 is 4.74 Å². The van der Waals surface area contributed by atoms with E-state index in [-0.39, 0.29) is 12.5 Å². The van der Waals surface area contributed by atoms with Gasteiger partial charge in [-0.25, -0.2) is 0 Å². The number of likely N-dealkylation sites (N-methyl/N-ethyl adjacent to an activating group) is 1. The fourth-order valence-electron chi connectivity index (χ4n) is 2.13. The van der Waals surface area contributed by atoms with Gasteiger partial charge in [0.25, 0.3) is 5.91 Å². The summed E-state index contributed by atoms with van der Waals surface area (Å²) in [6.07, 6.45) is 2.83. The van der Waals surface area contributed by atoms with Crippen molar-refractivity contribution in [1.29, 1.82) is 0 Å². The summed E-state index contributed by atoms with van der Waals surface area (Å²) in [6.45, 7) is 2.14. The number of amides is 1. The van der Waals surface area contributed by atoms with E-state index in [2.05, 4.69) is 4.98 Å². The number of aromatic nitrogens is 1. The lowest BCUT2D eigenvalue weighted by Gasteiger charge is -2.22. The fourth-order valence-corrected chi connectivity index (χ4v) is 2.13. The van der Waals surface area contributed by atoms with Crippen LogP contribution in [-0.4, -0.2) is 34.0 Å². The molecule has 0 fully saturated rings. The summed E-state index contributed by atoms with van der Waals surface area (Å²) in [5, 5.41) is 9.12. The molecule has 1 atom stereocenters. The average Bonchev–Trinajstić information content (AvgIpc) is 2.55. The molecule has 116 valence electrons. The van der Waals surface area contributed by atoms with Gasteiger partial charge < -0.3 is 14.7 Å². The maximum absolute atomic E-state index is 12.3. The molecule has 0 bridgehead atoms. The Morgan fingerprint density at radius 2 is 2.09 bits per heavy atom. The third-order valence-corrected chi connectivity index (χ3v) is 3.26. The van der Waals surface area contributed by atoms with E-state index in [9.17, 15) is 4.79 Å². The second kappa shape index (κ2) is 7.56. The van der Waals surface area contributed by atoms with Crippen LogP contribution in [0.4, 0.5) is 0 Å². The Hall–Kier alpha value is -2.40. The number of aliphatic hydroxyl groups is 1. The summed E-state index contributed by atoms with van der Waals surface area (Å²) < 4.78 is 5.66. The highest BCUT2D eigenvalue weighted by molar-refractivity contribution is 5.80. The molecule has 0 aliphatic heterocycles. The lowest BCUT2D eigenvalue weighted by Crippen LogP contribution is -2.37. The molecule has 0 spiro atoms. The zero-order chi connectivity index (χ0) is 15.9. The second-order valence-corrected chi connectivity index (χ2v) is 5.12. The zero-order valence-corrected chi connectivity index (χ0v) is 12.8. The van der Waals surface area contributed by atoms with Gasteiger partial charge in [-0.15, -0.1) is 0 Å². The molecule has 1 heterocycles. The molecule has 5 heteroatoms. The molecule has 2 rings (SSSR count). The first-order chi connectivity index (χ1) is 10.6. The van der Waals surface area contributed by atoms with Crippen LogP contribution in [0.15, 0.2) is 48.8 Å². The zero-order valence-electron chi connectivity index (χ0n) is 12.8. The van der Waals surface area contributed by atoms with Crippen LogP contribution >= 0.6 is 0 Å². The molecule has 1 aromatic carbocycles. The van der Waals surface area contributed by atoms with Crippen molar-refractivity contribution < 1.29 is 14.6 Å². The van der Waals surface area contributed by atoms with Crippen molar-refractivity contribution in [1.82, 2.24) is 9.88 Å². The first kappa shape index (κ1) is 16.0. The average molecular weight is 300 g/mol. The predicted molar refractivity (Wildman–Crippen MR) is 83.2 cm³/mol. The Balaban J connectivity index is 1.96. The second-order valence-electron chi connectivity index (χ2n) is 5.12. The largest absolute Gasteiger partial charge is 0.481 e. The van der Waals surface area contributed by atoms with Crippen molar-refractivity contribution in [3.05, 3.63) is 59.9 Å². The van der Waals surface area contributed by atoms with Gasteiger partial charge in [-0.1, -0.05) is 18.2 Å². The third-order valence-electron chi connectivity index (χ3n) is 3.26. The van der Waals surface area contributed by atoms with Gasteiger partial charge in [0.2, 0.25) is 0 Å². The van der Waals surface area contributed by atoms with E-state index in [4.69, 9.17) is 9.84 Å². The first-order valence-corrected chi connectivity index (χ1v) is 7.10. The molecule has 0 aliphatic rings. The molecule has 1 N–H and O–H groups in total. The number of carbonyl (C=O) groups is 1. The Morgan fingerprint density at radius 3 is 2.77 bits per heavy atom. The van der Waals surface area contributed by atoms with Crippen LogP contribution in [0.3, 0.4) is 0 Å². The van der Waals surface area contributed by atoms with Gasteiger partial charge in [0.1, 0.15) is 5.75 Å². The third kappa shape index (κ3) is 4.30. The van der Waals surface area contributed by atoms with E-state index < -0.39 is 6.10 Å². The molecule has 5 nitrogen and oxygen atoms in total. The molecular formula is C17H20N2O3. The van der Waals surface area contributed by atoms with Gasteiger partial charge in [0.05, 0.1) is 6.61 Å². The number of nitrogens with zero attached hydrogens (tertiary/aromatic N) is 2. The smallest absolute Gasteiger partial charge is 0.263 e. The molecule has 0 aliphatic carbocycles. The monoisotopic (exact) mass is 300 g/mol. The molecule has 0 saturated carbocycles. The van der Waals surface area contributed by atoms with Gasteiger partial charge in [-0.2, -0.15) is 0 Å². The summed E-state index contributed by atoms with van der Waals surface area (Å²) in [5.74, 6) is 0.459. The molecule has 0 saturated heterocycles. The number of benzene rings is 1. The number of hydrogen-bond acceptors (Lipinski definition) is 4. The normalized spacial score (nSPS) is 11.8. The summed E-state index contributed by atoms with van der Waals surface area (Å²) in [7, 11) is 1.74. The summed E-state index contributed by atoms with van der Waals surface area (Å²) >= 11 is 0. The SMILES string of the molecule is CC(Oc1cccc(CO)c1)C(=O)N(C)Cc1cccnc1. The van der Waals surface area contributed by atoms with Crippen LogP contribution in [0.5, 0.6) is 5.75 Å². The lowest BCUT2D eigenvalue weighted by molar-refractivity contribution is -0.137. The molecule has 0 radical (unpaired) electrons. The van der Waals surface area contributed by atoms with Gasteiger partial charge in [0.15, 0.2) is 6.10 Å². The number of carbonyl (C=O) groups excluding carboxylic acids is 1. The van der Waals surface area contributed by atoms with Crippen LogP contribution in [0.25, 0.3) is 0 Å². The van der Waals surface area contributed by atoms with Crippen molar-refractivity contribution >= 4 is 5.91 Å². The minimum Gasteiger partial charge on any atom is -0.481 e. The molecular weight excluding hydrogens is 280 g/mol. The van der Waals surface area contributed by atoms with Gasteiger partial charge in [-0.05, 0) is 36.2 Å². The van der Waals surface area contributed by atoms with E-state index in [0.29, 0.717) is 12.3 Å². The minimum atomic E-state index is -0.601. The van der Waals surface area contributed by atoms with Crippen molar-refractivity contribution in [2.75, 3.05) is 7.05 Å². The van der Waals surface area contributed by atoms with Gasteiger partial charge in [0, 0.05) is 26.0 Å². The highest BCUT2D eigenvalue weighted by Crippen LogP contribution is 2.16. The maximum Gasteiger partial charge on any atom is 0.263 e. The molecule has 1 amide bonds. The number of aliphatic hydroxyl groups excluding tert-OH is 1. The van der Waals surface area contributed by atoms with Crippen LogP contribution in [0.1, 0.15) is 18.1 Å². The molecule has 2 aromatic rings. The summed E-state index contributed by atoms with van der Waals surface area (Å²) in [6, 6.07) is 10.8. The number of hydrogen-bond donors (Lipinski definition) is 1. The van der Waals surface area contributed by atoms with Gasteiger partial charge >= 0.3 is 0 Å². The number of rotatable bonds is 6.